The van der Waals surface area contributed by atoms with Crippen molar-refractivity contribution in [2.24, 2.45) is 0 Å². The van der Waals surface area contributed by atoms with Gasteiger partial charge in [-0.25, -0.2) is 0 Å². The molecule has 3 aromatic rings. The molecule has 2 heteroatoms. The lowest BCUT2D eigenvalue weighted by atomic mass is 10.1. The minimum absolute atomic E-state index is 1.26. The van der Waals surface area contributed by atoms with Crippen LogP contribution in [0, 0.1) is 6.21 Å². The molecular formula is C17H12NS+. The summed E-state index contributed by atoms with van der Waals surface area (Å²) in [6.45, 7) is 0. The Morgan fingerprint density at radius 1 is 0.842 bits per heavy atom. The number of rotatable bonds is 0. The largest absolute Gasteiger partial charge is 0.268 e. The number of hydrogen-bond donors (Lipinski definition) is 0. The molecule has 0 aliphatic carbocycles. The van der Waals surface area contributed by atoms with Gasteiger partial charge >= 0.3 is 0 Å². The molecule has 0 atom stereocenters. The Balaban J connectivity index is 2.28. The van der Waals surface area contributed by atoms with E-state index in [0.717, 1.165) is 0 Å². The summed E-state index contributed by atoms with van der Waals surface area (Å²) in [5, 5.41) is 2.63. The summed E-state index contributed by atoms with van der Waals surface area (Å²) >= 11 is 1.84. The van der Waals surface area contributed by atoms with Crippen molar-refractivity contribution in [1.29, 1.82) is 0 Å². The molecule has 0 saturated heterocycles. The van der Waals surface area contributed by atoms with Crippen molar-refractivity contribution in [2.75, 3.05) is 0 Å². The number of benzene rings is 2. The van der Waals surface area contributed by atoms with Gasteiger partial charge in [-0.2, -0.15) is 4.24 Å². The van der Waals surface area contributed by atoms with Crippen LogP contribution >= 0.6 is 11.3 Å². The predicted molar refractivity (Wildman–Crippen MR) is 81.6 cm³/mol. The Morgan fingerprint density at radius 3 is 2.74 bits per heavy atom. The zero-order chi connectivity index (χ0) is 12.7. The summed E-state index contributed by atoms with van der Waals surface area (Å²) in [5.41, 5.74) is 1.27. The normalized spacial score (nSPS) is 17.3. The number of allylic oxidation sites excluding steroid dienone is 4. The molecule has 0 radical (unpaired) electrons. The Bertz CT molecular complexity index is 958. The fourth-order valence-corrected chi connectivity index (χ4v) is 3.65. The van der Waals surface area contributed by atoms with Crippen LogP contribution in [0.5, 0.6) is 0 Å². The highest BCUT2D eigenvalue weighted by Gasteiger charge is 2.12. The van der Waals surface area contributed by atoms with E-state index in [2.05, 4.69) is 77.2 Å². The molecule has 2 heterocycles. The number of thiazole rings is 1. The molecule has 1 aliphatic rings. The maximum atomic E-state index is 2.26. The lowest BCUT2D eigenvalue weighted by Gasteiger charge is -1.94. The second-order valence-electron chi connectivity index (χ2n) is 4.53. The van der Waals surface area contributed by atoms with Gasteiger partial charge < -0.3 is 0 Å². The monoisotopic (exact) mass is 262 g/mol. The number of fused-ring (bicyclic) bond motifs is 5. The summed E-state index contributed by atoms with van der Waals surface area (Å²) < 4.78 is 4.86. The molecule has 0 fully saturated rings. The first-order valence-electron chi connectivity index (χ1n) is 6.31. The number of nitrogens with zero attached hydrogens (tertiary/aromatic N) is 1. The molecule has 0 amide bonds. The standard InChI is InChI=1S/C17H12NS/c1-2-6-12-18-15-11-10-13-7-4-5-8-14(13)17(15)19-16(18)9-3-1/h1-12H/q+1/b2-1?,3-1?,6-2?,9-3?,12-6?,16-9+,18-12-. The summed E-state index contributed by atoms with van der Waals surface area (Å²) in [7, 11) is 0. The highest BCUT2D eigenvalue weighted by Crippen LogP contribution is 2.24. The van der Waals surface area contributed by atoms with Crippen molar-refractivity contribution in [3.05, 3.63) is 71.6 Å². The van der Waals surface area contributed by atoms with Gasteiger partial charge in [-0.1, -0.05) is 53.8 Å². The first-order valence-corrected chi connectivity index (χ1v) is 7.12. The lowest BCUT2D eigenvalue weighted by molar-refractivity contribution is -0.485. The molecule has 0 saturated carbocycles. The smallest absolute Gasteiger partial charge is 0.150 e. The number of aromatic nitrogens is 1. The van der Waals surface area contributed by atoms with Gasteiger partial charge in [0.1, 0.15) is 4.70 Å². The second-order valence-corrected chi connectivity index (χ2v) is 5.56. The van der Waals surface area contributed by atoms with Gasteiger partial charge in [0.15, 0.2) is 6.21 Å². The molecule has 0 unspecified atom stereocenters. The molecule has 4 rings (SSSR count). The van der Waals surface area contributed by atoms with Gasteiger partial charge in [0.25, 0.3) is 4.66 Å². The minimum Gasteiger partial charge on any atom is -0.150 e. The zero-order valence-corrected chi connectivity index (χ0v) is 11.1. The highest BCUT2D eigenvalue weighted by molar-refractivity contribution is 7.17. The molecule has 1 nitrogen and oxygen atoms in total. The van der Waals surface area contributed by atoms with Crippen molar-refractivity contribution in [3.63, 3.8) is 0 Å². The average Bonchev–Trinajstić information content (AvgIpc) is 2.76. The second kappa shape index (κ2) is 4.18. The summed E-state index contributed by atoms with van der Waals surface area (Å²) in [6.07, 6.45) is 12.6. The van der Waals surface area contributed by atoms with Crippen LogP contribution in [0.1, 0.15) is 0 Å². The third-order valence-corrected chi connectivity index (χ3v) is 4.54. The third kappa shape index (κ3) is 1.65. The van der Waals surface area contributed by atoms with Crippen LogP contribution in [0.25, 0.3) is 27.1 Å². The van der Waals surface area contributed by atoms with Gasteiger partial charge in [-0.05, 0) is 11.5 Å². The van der Waals surface area contributed by atoms with Crippen LogP contribution < -0.4 is 8.91 Å². The Kier molecular flexibility index (Phi) is 2.35. The van der Waals surface area contributed by atoms with Crippen molar-refractivity contribution >= 4 is 38.4 Å². The van der Waals surface area contributed by atoms with Crippen LogP contribution in [0.2, 0.25) is 0 Å². The Labute approximate surface area is 114 Å². The minimum atomic E-state index is 1.26. The van der Waals surface area contributed by atoms with Gasteiger partial charge in [-0.3, -0.25) is 0 Å². The summed E-state index contributed by atoms with van der Waals surface area (Å²) in [6, 6.07) is 13.0. The van der Waals surface area contributed by atoms with Crippen LogP contribution in [-0.2, 0) is 0 Å². The van der Waals surface area contributed by atoms with Gasteiger partial charge in [-0.15, -0.1) is 0 Å². The molecule has 90 valence electrons. The maximum absolute atomic E-state index is 2.26. The first-order chi connectivity index (χ1) is 9.43. The molecule has 0 spiro atoms. The lowest BCUT2D eigenvalue weighted by Crippen LogP contribution is -2.32. The fraction of sp³-hybridized carbons (Fsp3) is 0. The molecule has 1 aromatic heterocycles. The molecule has 0 N–H and O–H groups in total. The highest BCUT2D eigenvalue weighted by atomic mass is 32.1. The quantitative estimate of drug-likeness (QED) is 0.549. The van der Waals surface area contributed by atoms with Crippen molar-refractivity contribution < 1.29 is 4.24 Å². The van der Waals surface area contributed by atoms with E-state index in [0.29, 0.717) is 0 Å². The summed E-state index contributed by atoms with van der Waals surface area (Å²) in [4.78, 5) is 0. The molecule has 1 aliphatic heterocycles. The molecule has 2 aromatic carbocycles. The zero-order valence-electron chi connectivity index (χ0n) is 10.3. The molecule has 19 heavy (non-hydrogen) atoms. The van der Waals surface area contributed by atoms with E-state index in [1.165, 1.54) is 25.7 Å². The van der Waals surface area contributed by atoms with E-state index < -0.39 is 0 Å². The van der Waals surface area contributed by atoms with Crippen LogP contribution in [0.4, 0.5) is 0 Å². The van der Waals surface area contributed by atoms with E-state index >= 15 is 0 Å². The van der Waals surface area contributed by atoms with Gasteiger partial charge in [0.05, 0.1) is 0 Å². The van der Waals surface area contributed by atoms with Crippen molar-refractivity contribution in [3.8, 4) is 0 Å². The third-order valence-electron chi connectivity index (χ3n) is 3.37. The first kappa shape index (κ1) is 10.7. The van der Waals surface area contributed by atoms with Crippen LogP contribution in [0.3, 0.4) is 0 Å². The van der Waals surface area contributed by atoms with Gasteiger partial charge in [0.2, 0.25) is 5.52 Å². The molecular weight excluding hydrogens is 250 g/mol. The predicted octanol–water partition coefficient (Wildman–Crippen LogP) is 3.26. The SMILES string of the molecule is C1=C/C=[n+]2\c(sc3c4ccccc4ccc32)=C/C=C1. The van der Waals surface area contributed by atoms with Crippen molar-refractivity contribution in [2.45, 2.75) is 0 Å². The average molecular weight is 262 g/mol. The van der Waals surface area contributed by atoms with E-state index in [-0.39, 0.29) is 0 Å². The van der Waals surface area contributed by atoms with Crippen LogP contribution in [-0.4, -0.2) is 0 Å². The van der Waals surface area contributed by atoms with Crippen LogP contribution in [0.15, 0.2) is 60.7 Å². The Hall–Kier alpha value is -2.19. The van der Waals surface area contributed by atoms with Gasteiger partial charge in [0, 0.05) is 23.6 Å². The Morgan fingerprint density at radius 2 is 1.74 bits per heavy atom. The van der Waals surface area contributed by atoms with E-state index in [1.54, 1.807) is 0 Å². The van der Waals surface area contributed by atoms with E-state index in [9.17, 15) is 0 Å². The van der Waals surface area contributed by atoms with Crippen molar-refractivity contribution in [1.82, 2.24) is 0 Å². The van der Waals surface area contributed by atoms with E-state index in [1.807, 2.05) is 11.3 Å². The van der Waals surface area contributed by atoms with E-state index in [4.69, 9.17) is 0 Å². The molecule has 0 bridgehead atoms. The number of hydrogen-bond acceptors (Lipinski definition) is 1. The topological polar surface area (TPSA) is 5.90 Å². The maximum Gasteiger partial charge on any atom is 0.268 e. The fourth-order valence-electron chi connectivity index (χ4n) is 2.47. The summed E-state index contributed by atoms with van der Waals surface area (Å²) in [5.74, 6) is 0.